The van der Waals surface area contributed by atoms with Crippen molar-refractivity contribution in [2.75, 3.05) is 27.4 Å². The molecule has 0 spiro atoms. The van der Waals surface area contributed by atoms with Crippen LogP contribution < -0.4 is 0 Å². The monoisotopic (exact) mass is 222 g/mol. The van der Waals surface area contributed by atoms with Gasteiger partial charge in [-0.25, -0.2) is 0 Å². The summed E-state index contributed by atoms with van der Waals surface area (Å²) in [7, 11) is 2.79. The Morgan fingerprint density at radius 2 is 1.93 bits per heavy atom. The molecular weight excluding hydrogens is 204 g/mol. The molecule has 0 aliphatic carbocycles. The average Bonchev–Trinajstić information content (AvgIpc) is 2.22. The third-order valence-electron chi connectivity index (χ3n) is 1.96. The van der Waals surface area contributed by atoms with Gasteiger partial charge in [-0.15, -0.1) is 0 Å². The fourth-order valence-corrected chi connectivity index (χ4v) is 1.16. The zero-order valence-corrected chi connectivity index (χ0v) is 9.17. The van der Waals surface area contributed by atoms with E-state index < -0.39 is 30.9 Å². The van der Waals surface area contributed by atoms with Crippen LogP contribution in [0.5, 0.6) is 0 Å². The van der Waals surface area contributed by atoms with Gasteiger partial charge in [0.05, 0.1) is 6.61 Å². The molecule has 15 heavy (non-hydrogen) atoms. The molecule has 0 aromatic carbocycles. The summed E-state index contributed by atoms with van der Waals surface area (Å²) in [5.41, 5.74) is 0. The van der Waals surface area contributed by atoms with Gasteiger partial charge in [-0.1, -0.05) is 0 Å². The second kappa shape index (κ2) is 7.58. The lowest BCUT2D eigenvalue weighted by Gasteiger charge is -2.27. The fourth-order valence-electron chi connectivity index (χ4n) is 1.16. The number of hydrogen-bond donors (Lipinski definition) is 2. The summed E-state index contributed by atoms with van der Waals surface area (Å²) < 4.78 is 14.7. The molecule has 0 saturated heterocycles. The maximum Gasteiger partial charge on any atom is 0.302 e. The van der Waals surface area contributed by atoms with Crippen molar-refractivity contribution in [3.63, 3.8) is 0 Å². The normalized spacial score (nSPS) is 16.9. The lowest BCUT2D eigenvalue weighted by molar-refractivity contribution is -0.155. The second-order valence-electron chi connectivity index (χ2n) is 3.03. The van der Waals surface area contributed by atoms with Gasteiger partial charge in [0.2, 0.25) is 0 Å². The molecular formula is C9H18O6. The molecule has 0 heterocycles. The third-order valence-corrected chi connectivity index (χ3v) is 1.96. The lowest BCUT2D eigenvalue weighted by Crippen LogP contribution is -2.44. The first-order valence-electron chi connectivity index (χ1n) is 4.54. The standard InChI is InChI=1S/C9H18O6/c1-6(11)15-5-8(13-2)9(14-3)7(12)4-10/h7-10,12H,4-5H2,1-3H3/t7-,8-,9-/m1/s1. The molecule has 0 saturated carbocycles. The van der Waals surface area contributed by atoms with Crippen LogP contribution in [-0.4, -0.2) is 61.9 Å². The van der Waals surface area contributed by atoms with E-state index in [0.29, 0.717) is 0 Å². The summed E-state index contributed by atoms with van der Waals surface area (Å²) in [5.74, 6) is -0.439. The highest BCUT2D eigenvalue weighted by Crippen LogP contribution is 2.08. The Labute approximate surface area is 88.7 Å². The largest absolute Gasteiger partial charge is 0.463 e. The van der Waals surface area contributed by atoms with Crippen LogP contribution in [0.1, 0.15) is 6.92 Å². The molecule has 0 aromatic heterocycles. The molecule has 0 aliphatic heterocycles. The molecule has 2 N–H and O–H groups in total. The molecule has 90 valence electrons. The number of carbonyl (C=O) groups is 1. The van der Waals surface area contributed by atoms with Crippen molar-refractivity contribution < 1.29 is 29.2 Å². The van der Waals surface area contributed by atoms with E-state index >= 15 is 0 Å². The van der Waals surface area contributed by atoms with Gasteiger partial charge in [-0.3, -0.25) is 4.79 Å². The minimum Gasteiger partial charge on any atom is -0.463 e. The minimum absolute atomic E-state index is 0.0264. The summed E-state index contributed by atoms with van der Waals surface area (Å²) >= 11 is 0. The zero-order chi connectivity index (χ0) is 11.8. The van der Waals surface area contributed by atoms with Crippen molar-refractivity contribution in [3.8, 4) is 0 Å². The molecule has 0 rings (SSSR count). The molecule has 0 aromatic rings. The predicted octanol–water partition coefficient (Wildman–Crippen LogP) is -1.07. The first kappa shape index (κ1) is 14.3. The van der Waals surface area contributed by atoms with E-state index in [4.69, 9.17) is 19.3 Å². The molecule has 0 radical (unpaired) electrons. The Morgan fingerprint density at radius 3 is 2.27 bits per heavy atom. The number of ether oxygens (including phenoxy) is 3. The van der Waals surface area contributed by atoms with Crippen molar-refractivity contribution in [3.05, 3.63) is 0 Å². The van der Waals surface area contributed by atoms with Gasteiger partial charge in [0.1, 0.15) is 24.9 Å². The van der Waals surface area contributed by atoms with Crippen molar-refractivity contribution in [1.29, 1.82) is 0 Å². The Bertz CT molecular complexity index is 183. The number of methoxy groups -OCH3 is 2. The maximum atomic E-state index is 10.6. The summed E-state index contributed by atoms with van der Waals surface area (Å²) in [6.07, 6.45) is -2.42. The predicted molar refractivity (Wildman–Crippen MR) is 51.3 cm³/mol. The van der Waals surface area contributed by atoms with Crippen LogP contribution in [0.15, 0.2) is 0 Å². The molecule has 6 nitrogen and oxygen atoms in total. The fraction of sp³-hybridized carbons (Fsp3) is 0.889. The third kappa shape index (κ3) is 5.08. The van der Waals surface area contributed by atoms with Crippen molar-refractivity contribution >= 4 is 5.97 Å². The topological polar surface area (TPSA) is 85.2 Å². The molecule has 0 fully saturated rings. The molecule has 0 bridgehead atoms. The van der Waals surface area contributed by atoms with Crippen LogP contribution in [0.3, 0.4) is 0 Å². The van der Waals surface area contributed by atoms with Gasteiger partial charge in [0.25, 0.3) is 0 Å². The first-order chi connectivity index (χ1) is 7.06. The van der Waals surface area contributed by atoms with Crippen LogP contribution in [0.25, 0.3) is 0 Å². The van der Waals surface area contributed by atoms with Gasteiger partial charge < -0.3 is 24.4 Å². The minimum atomic E-state index is -1.07. The quantitative estimate of drug-likeness (QED) is 0.534. The van der Waals surface area contributed by atoms with E-state index in [0.717, 1.165) is 0 Å². The summed E-state index contributed by atoms with van der Waals surface area (Å²) in [6, 6.07) is 0. The number of carbonyl (C=O) groups excluding carboxylic acids is 1. The SMILES string of the molecule is CO[C@H]([C@H](O)CO)[C@@H](COC(C)=O)OC. The number of rotatable bonds is 7. The van der Waals surface area contributed by atoms with Crippen molar-refractivity contribution in [1.82, 2.24) is 0 Å². The maximum absolute atomic E-state index is 10.6. The summed E-state index contributed by atoms with van der Waals surface area (Å²) in [6.45, 7) is 0.802. The zero-order valence-electron chi connectivity index (χ0n) is 9.17. The van der Waals surface area contributed by atoms with E-state index in [1.807, 2.05) is 0 Å². The van der Waals surface area contributed by atoms with Crippen LogP contribution in [0, 0.1) is 0 Å². The van der Waals surface area contributed by atoms with Crippen LogP contribution in [-0.2, 0) is 19.0 Å². The molecule has 0 aliphatic rings. The molecule has 6 heteroatoms. The van der Waals surface area contributed by atoms with Gasteiger partial charge in [0, 0.05) is 21.1 Å². The van der Waals surface area contributed by atoms with Gasteiger partial charge >= 0.3 is 5.97 Å². The number of esters is 1. The summed E-state index contributed by atoms with van der Waals surface area (Å²) in [5, 5.41) is 18.2. The number of hydrogen-bond acceptors (Lipinski definition) is 6. The highest BCUT2D eigenvalue weighted by atomic mass is 16.6. The Balaban J connectivity index is 4.26. The van der Waals surface area contributed by atoms with E-state index in [9.17, 15) is 9.90 Å². The molecule has 0 amide bonds. The Hall–Kier alpha value is -0.690. The number of aliphatic hydroxyl groups is 2. The lowest BCUT2D eigenvalue weighted by atomic mass is 10.1. The van der Waals surface area contributed by atoms with Crippen molar-refractivity contribution in [2.24, 2.45) is 0 Å². The smallest absolute Gasteiger partial charge is 0.302 e. The molecule has 3 atom stereocenters. The molecule has 0 unspecified atom stereocenters. The highest BCUT2D eigenvalue weighted by molar-refractivity contribution is 5.65. The van der Waals surface area contributed by atoms with Gasteiger partial charge in [-0.05, 0) is 0 Å². The summed E-state index contributed by atoms with van der Waals surface area (Å²) in [4.78, 5) is 10.6. The van der Waals surface area contributed by atoms with E-state index in [1.54, 1.807) is 0 Å². The van der Waals surface area contributed by atoms with Crippen LogP contribution in [0.2, 0.25) is 0 Å². The average molecular weight is 222 g/mol. The van der Waals surface area contributed by atoms with Gasteiger partial charge in [0.15, 0.2) is 0 Å². The highest BCUT2D eigenvalue weighted by Gasteiger charge is 2.28. The number of aliphatic hydroxyl groups excluding tert-OH is 2. The van der Waals surface area contributed by atoms with Gasteiger partial charge in [-0.2, -0.15) is 0 Å². The Morgan fingerprint density at radius 1 is 1.33 bits per heavy atom. The first-order valence-corrected chi connectivity index (χ1v) is 4.54. The van der Waals surface area contributed by atoms with Crippen LogP contribution >= 0.6 is 0 Å². The Kier molecular flexibility index (Phi) is 7.23. The van der Waals surface area contributed by atoms with E-state index in [-0.39, 0.29) is 6.61 Å². The van der Waals surface area contributed by atoms with Crippen LogP contribution in [0.4, 0.5) is 0 Å². The van der Waals surface area contributed by atoms with E-state index in [2.05, 4.69) is 0 Å². The second-order valence-corrected chi connectivity index (χ2v) is 3.03. The van der Waals surface area contributed by atoms with E-state index in [1.165, 1.54) is 21.1 Å². The van der Waals surface area contributed by atoms with Crippen molar-refractivity contribution in [2.45, 2.75) is 25.2 Å².